The predicted molar refractivity (Wildman–Crippen MR) is 158 cm³/mol. The highest BCUT2D eigenvalue weighted by Gasteiger charge is 2.56. The van der Waals surface area contributed by atoms with Crippen LogP contribution in [-0.2, 0) is 19.1 Å². The third kappa shape index (κ3) is 6.93. The van der Waals surface area contributed by atoms with Gasteiger partial charge in [-0.25, -0.2) is 0 Å². The third-order valence-corrected chi connectivity index (χ3v) is 10.5. The summed E-state index contributed by atoms with van der Waals surface area (Å²) in [5.74, 6) is 0.0925. The summed E-state index contributed by atoms with van der Waals surface area (Å²) in [7, 11) is 0. The highest BCUT2D eigenvalue weighted by Crippen LogP contribution is 2.58. The molecule has 0 radical (unpaired) electrons. The number of aldehydes is 1. The largest absolute Gasteiger partial charge is 0.394 e. The first kappa shape index (κ1) is 35.0. The van der Waals surface area contributed by atoms with Crippen molar-refractivity contribution in [2.24, 2.45) is 40.9 Å². The van der Waals surface area contributed by atoms with Crippen molar-refractivity contribution in [3.63, 3.8) is 0 Å². The van der Waals surface area contributed by atoms with Gasteiger partial charge in [-0.05, 0) is 74.7 Å². The maximum atomic E-state index is 13.9. The topological polar surface area (TPSA) is 154 Å². The second kappa shape index (κ2) is 14.5. The van der Waals surface area contributed by atoms with Gasteiger partial charge in [-0.15, -0.1) is 0 Å². The number of ketones is 1. The summed E-state index contributed by atoms with van der Waals surface area (Å²) in [6, 6.07) is 0. The molecular formula is C33H54O9. The van der Waals surface area contributed by atoms with Crippen LogP contribution in [-0.4, -0.2) is 87.1 Å². The van der Waals surface area contributed by atoms with Gasteiger partial charge in [0.05, 0.1) is 25.2 Å². The first-order valence-corrected chi connectivity index (χ1v) is 15.7. The number of aliphatic hydroxyl groups is 5. The summed E-state index contributed by atoms with van der Waals surface area (Å²) < 4.78 is 12.1. The number of carbonyl (C=O) groups is 2. The van der Waals surface area contributed by atoms with Gasteiger partial charge >= 0.3 is 0 Å². The fourth-order valence-corrected chi connectivity index (χ4v) is 8.42. The van der Waals surface area contributed by atoms with Crippen molar-refractivity contribution >= 4 is 12.1 Å². The number of ether oxygens (including phenoxy) is 2. The number of Topliss-reactive ketones (excluding diaryl/α,β-unsaturated/α-hetero) is 1. The molecule has 5 N–H and O–H groups in total. The van der Waals surface area contributed by atoms with Gasteiger partial charge in [0.25, 0.3) is 0 Å². The van der Waals surface area contributed by atoms with Crippen molar-refractivity contribution in [3.8, 4) is 0 Å². The Kier molecular flexibility index (Phi) is 12.1. The quantitative estimate of drug-likeness (QED) is 0.130. The van der Waals surface area contributed by atoms with Crippen LogP contribution in [0.3, 0.4) is 0 Å². The molecule has 3 rings (SSSR count). The summed E-state index contributed by atoms with van der Waals surface area (Å²) in [5, 5.41) is 52.6. The van der Waals surface area contributed by atoms with Crippen LogP contribution in [0.25, 0.3) is 0 Å². The second-order valence-electron chi connectivity index (χ2n) is 13.6. The molecule has 1 saturated heterocycles. The van der Waals surface area contributed by atoms with Crippen molar-refractivity contribution in [3.05, 3.63) is 23.3 Å². The van der Waals surface area contributed by atoms with E-state index < -0.39 is 60.9 Å². The Labute approximate surface area is 251 Å². The van der Waals surface area contributed by atoms with E-state index in [2.05, 4.69) is 19.9 Å². The molecule has 2 unspecified atom stereocenters. The SMILES string of the molecule is CC/C=C(\C)[C@@H](O)[C@@H](C)[C@H](C[C@H]1C(C)=CC2C[C@@H](C)C[C@@H](C)C2[C@@]1(C)C(=O)CC=O)O[C@@H]1O[C@H](CO)[C@@H](O)[C@H](O)[C@H]1O. The first-order valence-electron chi connectivity index (χ1n) is 15.7. The van der Waals surface area contributed by atoms with E-state index in [-0.39, 0.29) is 35.9 Å². The van der Waals surface area contributed by atoms with E-state index in [1.54, 1.807) is 0 Å². The smallest absolute Gasteiger partial charge is 0.186 e. The molecule has 3 aliphatic rings. The number of hydrogen-bond acceptors (Lipinski definition) is 9. The van der Waals surface area contributed by atoms with Gasteiger partial charge in [-0.1, -0.05) is 52.3 Å². The molecule has 0 aromatic rings. The summed E-state index contributed by atoms with van der Waals surface area (Å²) in [6.45, 7) is 13.5. The highest BCUT2D eigenvalue weighted by atomic mass is 16.7. The van der Waals surface area contributed by atoms with Crippen molar-refractivity contribution in [1.29, 1.82) is 0 Å². The summed E-state index contributed by atoms with van der Waals surface area (Å²) in [6.07, 6.45) is -1.20. The fraction of sp³-hybridized carbons (Fsp3) is 0.818. The zero-order valence-corrected chi connectivity index (χ0v) is 26.3. The highest BCUT2D eigenvalue weighted by molar-refractivity contribution is 5.94. The Morgan fingerprint density at radius 3 is 2.45 bits per heavy atom. The number of carbonyl (C=O) groups excluding carboxylic acids is 2. The first-order chi connectivity index (χ1) is 19.7. The van der Waals surface area contributed by atoms with E-state index >= 15 is 0 Å². The zero-order valence-electron chi connectivity index (χ0n) is 26.3. The zero-order chi connectivity index (χ0) is 31.5. The number of hydrogen-bond donors (Lipinski definition) is 5. The fourth-order valence-electron chi connectivity index (χ4n) is 8.42. The third-order valence-electron chi connectivity index (χ3n) is 10.5. The van der Waals surface area contributed by atoms with Crippen LogP contribution in [0.5, 0.6) is 0 Å². The van der Waals surface area contributed by atoms with Crippen molar-refractivity contribution in [1.82, 2.24) is 0 Å². The van der Waals surface area contributed by atoms with Crippen LogP contribution in [0.1, 0.15) is 80.6 Å². The molecule has 1 saturated carbocycles. The minimum absolute atomic E-state index is 0.0321. The minimum Gasteiger partial charge on any atom is -0.394 e. The molecule has 0 aromatic heterocycles. The lowest BCUT2D eigenvalue weighted by Crippen LogP contribution is -2.60. The molecular weight excluding hydrogens is 540 g/mol. The van der Waals surface area contributed by atoms with Gasteiger partial charge in [0.2, 0.25) is 0 Å². The minimum atomic E-state index is -1.61. The van der Waals surface area contributed by atoms with Crippen LogP contribution < -0.4 is 0 Å². The van der Waals surface area contributed by atoms with Gasteiger partial charge in [0.15, 0.2) is 6.29 Å². The monoisotopic (exact) mass is 594 g/mol. The molecule has 14 atom stereocenters. The molecule has 240 valence electrons. The van der Waals surface area contributed by atoms with Gasteiger partial charge in [0, 0.05) is 11.3 Å². The molecule has 9 nitrogen and oxygen atoms in total. The Bertz CT molecular complexity index is 992. The standard InChI is InChI=1S/C33H54O9/c1-8-9-18(3)28(37)21(6)24(41-32-31(40)30(39)29(38)25(16-35)42-32)15-23-19(4)14-22-13-17(2)12-20(5)27(22)33(23,7)26(36)10-11-34/h9,11,14,17,20-25,27-32,35,37-40H,8,10,12-13,15-16H2,1-7H3/b18-9+/t17-,20+,21-,22?,23-,24-,25+,27?,28+,29+,30-,31+,32+,33+/m0/s1. The van der Waals surface area contributed by atoms with Crippen LogP contribution in [0.2, 0.25) is 0 Å². The molecule has 0 spiro atoms. The number of aliphatic hydroxyl groups excluding tert-OH is 5. The maximum Gasteiger partial charge on any atom is 0.186 e. The summed E-state index contributed by atoms with van der Waals surface area (Å²) in [4.78, 5) is 25.6. The number of rotatable bonds is 12. The molecule has 0 amide bonds. The summed E-state index contributed by atoms with van der Waals surface area (Å²) >= 11 is 0. The molecule has 1 heterocycles. The number of allylic oxidation sites excluding steroid dienone is 3. The Balaban J connectivity index is 2.07. The molecule has 42 heavy (non-hydrogen) atoms. The lowest BCUT2D eigenvalue weighted by atomic mass is 9.48. The maximum absolute atomic E-state index is 13.9. The van der Waals surface area contributed by atoms with Gasteiger partial charge in [0.1, 0.15) is 36.5 Å². The van der Waals surface area contributed by atoms with Gasteiger partial charge in [-0.2, -0.15) is 0 Å². The lowest BCUT2D eigenvalue weighted by Gasteiger charge is -2.55. The van der Waals surface area contributed by atoms with Crippen LogP contribution in [0.4, 0.5) is 0 Å². The van der Waals surface area contributed by atoms with Crippen molar-refractivity contribution in [2.45, 2.75) is 123 Å². The molecule has 0 aromatic carbocycles. The van der Waals surface area contributed by atoms with Crippen LogP contribution in [0, 0.1) is 40.9 Å². The average Bonchev–Trinajstić information content (AvgIpc) is 2.93. The normalized spacial score (nSPS) is 41.3. The number of fused-ring (bicyclic) bond motifs is 1. The average molecular weight is 595 g/mol. The Hall–Kier alpha value is -1.46. The van der Waals surface area contributed by atoms with E-state index in [1.807, 2.05) is 40.7 Å². The van der Waals surface area contributed by atoms with E-state index in [1.165, 1.54) is 0 Å². The predicted octanol–water partition coefficient (Wildman–Crippen LogP) is 2.95. The van der Waals surface area contributed by atoms with E-state index in [0.717, 1.165) is 30.4 Å². The van der Waals surface area contributed by atoms with Crippen molar-refractivity contribution < 1.29 is 44.6 Å². The van der Waals surface area contributed by atoms with Gasteiger partial charge in [-0.3, -0.25) is 4.79 Å². The van der Waals surface area contributed by atoms with Crippen molar-refractivity contribution in [2.75, 3.05) is 6.61 Å². The van der Waals surface area contributed by atoms with Crippen LogP contribution in [0.15, 0.2) is 23.3 Å². The van der Waals surface area contributed by atoms with E-state index in [4.69, 9.17) is 9.47 Å². The molecule has 9 heteroatoms. The lowest BCUT2D eigenvalue weighted by molar-refractivity contribution is -0.317. The molecule has 0 bridgehead atoms. The molecule has 2 fully saturated rings. The summed E-state index contributed by atoms with van der Waals surface area (Å²) in [5.41, 5.74) is 0.933. The Morgan fingerprint density at radius 2 is 1.86 bits per heavy atom. The molecule has 1 aliphatic heterocycles. The molecule has 2 aliphatic carbocycles. The second-order valence-corrected chi connectivity index (χ2v) is 13.6. The van der Waals surface area contributed by atoms with E-state index in [0.29, 0.717) is 18.6 Å². The Morgan fingerprint density at radius 1 is 1.19 bits per heavy atom. The van der Waals surface area contributed by atoms with Crippen LogP contribution >= 0.6 is 0 Å². The van der Waals surface area contributed by atoms with Gasteiger partial charge < -0.3 is 39.8 Å². The van der Waals surface area contributed by atoms with E-state index in [9.17, 15) is 35.1 Å².